The van der Waals surface area contributed by atoms with Crippen molar-refractivity contribution in [3.05, 3.63) is 11.8 Å². The van der Waals surface area contributed by atoms with Crippen LogP contribution in [0.25, 0.3) is 0 Å². The molecule has 1 atom stereocenters. The van der Waals surface area contributed by atoms with Gasteiger partial charge in [-0.2, -0.15) is 0 Å². The number of allylic oxidation sites excluding steroid dienone is 2. The molecule has 0 heterocycles. The Bertz CT molecular complexity index is 239. The zero-order chi connectivity index (χ0) is 12.0. The summed E-state index contributed by atoms with van der Waals surface area (Å²) in [5.74, 6) is 0.564. The van der Waals surface area contributed by atoms with Crippen molar-refractivity contribution in [1.29, 1.82) is 0 Å². The molecule has 0 aliphatic rings. The summed E-state index contributed by atoms with van der Waals surface area (Å²) in [6.45, 7) is 7.15. The lowest BCUT2D eigenvalue weighted by atomic mass is 10.4. The molecule has 0 aliphatic carbocycles. The summed E-state index contributed by atoms with van der Waals surface area (Å²) in [7, 11) is 2.65. The fraction of sp³-hybridized carbons (Fsp3) is 0.700. The van der Waals surface area contributed by atoms with Crippen LogP contribution < -0.4 is 0 Å². The maximum absolute atomic E-state index is 10.8. The molecule has 0 radical (unpaired) electrons. The molecule has 15 heavy (non-hydrogen) atoms. The molecule has 0 N–H and O–H groups in total. The third-order valence-corrected chi connectivity index (χ3v) is 2.96. The van der Waals surface area contributed by atoms with E-state index in [9.17, 15) is 4.79 Å². The number of ketones is 1. The number of hydrogen-bond donors (Lipinski definition) is 0. The smallest absolute Gasteiger partial charge is 0.320 e. The number of rotatable bonds is 6. The SMILES string of the molecule is CC(=O)/C=C(/C)OP(OC(C)C)N(C)C. The van der Waals surface area contributed by atoms with Crippen molar-refractivity contribution < 1.29 is 13.8 Å². The molecule has 0 bridgehead atoms. The minimum atomic E-state index is -1.12. The predicted octanol–water partition coefficient (Wildman–Crippen LogP) is 2.71. The summed E-state index contributed by atoms with van der Waals surface area (Å²) in [5, 5.41) is 0. The van der Waals surface area contributed by atoms with Crippen LogP contribution in [0.4, 0.5) is 0 Å². The molecule has 0 fully saturated rings. The van der Waals surface area contributed by atoms with Crippen LogP contribution in [0.2, 0.25) is 0 Å². The van der Waals surface area contributed by atoms with Crippen LogP contribution in [0.15, 0.2) is 11.8 Å². The highest BCUT2D eigenvalue weighted by molar-refractivity contribution is 7.44. The second kappa shape index (κ2) is 6.94. The Kier molecular flexibility index (Phi) is 6.73. The van der Waals surface area contributed by atoms with Crippen LogP contribution in [0.1, 0.15) is 27.7 Å². The summed E-state index contributed by atoms with van der Waals surface area (Å²) in [6.07, 6.45) is 1.56. The van der Waals surface area contributed by atoms with Crippen molar-refractivity contribution in [1.82, 2.24) is 4.67 Å². The molecule has 0 saturated carbocycles. The summed E-state index contributed by atoms with van der Waals surface area (Å²) in [6, 6.07) is 0. The average molecular weight is 233 g/mol. The zero-order valence-electron chi connectivity index (χ0n) is 10.3. The van der Waals surface area contributed by atoms with Crippen LogP contribution in [0.5, 0.6) is 0 Å². The Morgan fingerprint density at radius 2 is 1.87 bits per heavy atom. The quantitative estimate of drug-likeness (QED) is 0.401. The van der Waals surface area contributed by atoms with E-state index in [1.54, 1.807) is 6.92 Å². The van der Waals surface area contributed by atoms with Gasteiger partial charge in [-0.15, -0.1) is 0 Å². The van der Waals surface area contributed by atoms with Gasteiger partial charge in [0, 0.05) is 6.08 Å². The second-order valence-corrected chi connectivity index (χ2v) is 5.37. The van der Waals surface area contributed by atoms with E-state index in [0.29, 0.717) is 5.76 Å². The van der Waals surface area contributed by atoms with Gasteiger partial charge in [-0.25, -0.2) is 4.67 Å². The average Bonchev–Trinajstić information content (AvgIpc) is 1.99. The molecule has 0 aliphatic heterocycles. The van der Waals surface area contributed by atoms with E-state index in [2.05, 4.69) is 0 Å². The van der Waals surface area contributed by atoms with Crippen LogP contribution in [0, 0.1) is 0 Å². The highest BCUT2D eigenvalue weighted by Crippen LogP contribution is 2.43. The molecule has 5 heteroatoms. The molecule has 0 aromatic heterocycles. The molecule has 0 aromatic carbocycles. The van der Waals surface area contributed by atoms with E-state index < -0.39 is 8.53 Å². The number of hydrogen-bond acceptors (Lipinski definition) is 4. The van der Waals surface area contributed by atoms with Gasteiger partial charge in [0.1, 0.15) is 5.76 Å². The lowest BCUT2D eigenvalue weighted by Gasteiger charge is -2.24. The van der Waals surface area contributed by atoms with Crippen molar-refractivity contribution >= 4 is 14.3 Å². The minimum absolute atomic E-state index is 0.0225. The molecule has 0 rings (SSSR count). The van der Waals surface area contributed by atoms with Gasteiger partial charge < -0.3 is 9.05 Å². The second-order valence-electron chi connectivity index (χ2n) is 3.70. The monoisotopic (exact) mass is 233 g/mol. The molecule has 0 saturated heterocycles. The van der Waals surface area contributed by atoms with Crippen LogP contribution in [0.3, 0.4) is 0 Å². The van der Waals surface area contributed by atoms with E-state index in [1.165, 1.54) is 13.0 Å². The van der Waals surface area contributed by atoms with Gasteiger partial charge in [0.15, 0.2) is 5.78 Å². The van der Waals surface area contributed by atoms with Gasteiger partial charge in [-0.3, -0.25) is 4.79 Å². The first kappa shape index (κ1) is 14.6. The standard InChI is InChI=1S/C10H20NO3P/c1-8(2)13-15(11(5)6)14-10(4)7-9(3)12/h7-8H,1-6H3/b10-7-. The third kappa shape index (κ3) is 7.48. The highest BCUT2D eigenvalue weighted by Gasteiger charge is 2.17. The minimum Gasteiger partial charge on any atom is -0.440 e. The Balaban J connectivity index is 4.34. The topological polar surface area (TPSA) is 38.8 Å². The number of carbonyl (C=O) groups excluding carboxylic acids is 1. The molecule has 1 unspecified atom stereocenters. The molecular formula is C10H20NO3P. The van der Waals surface area contributed by atoms with Crippen molar-refractivity contribution in [2.75, 3.05) is 14.1 Å². The molecule has 4 nitrogen and oxygen atoms in total. The van der Waals surface area contributed by atoms with Crippen molar-refractivity contribution in [3.63, 3.8) is 0 Å². The fourth-order valence-electron chi connectivity index (χ4n) is 0.814. The zero-order valence-corrected chi connectivity index (χ0v) is 11.2. The number of nitrogens with zero attached hydrogens (tertiary/aromatic N) is 1. The van der Waals surface area contributed by atoms with Gasteiger partial charge in [0.05, 0.1) is 6.10 Å². The molecule has 0 amide bonds. The van der Waals surface area contributed by atoms with E-state index in [-0.39, 0.29) is 11.9 Å². The third-order valence-electron chi connectivity index (χ3n) is 1.26. The Labute approximate surface area is 93.2 Å². The van der Waals surface area contributed by atoms with E-state index in [1.807, 2.05) is 32.6 Å². The first-order valence-corrected chi connectivity index (χ1v) is 5.97. The van der Waals surface area contributed by atoms with Crippen molar-refractivity contribution in [2.45, 2.75) is 33.8 Å². The first-order chi connectivity index (χ1) is 6.82. The normalized spacial score (nSPS) is 14.5. The molecular weight excluding hydrogens is 213 g/mol. The highest BCUT2D eigenvalue weighted by atomic mass is 31.2. The van der Waals surface area contributed by atoms with Gasteiger partial charge in [-0.05, 0) is 41.8 Å². The van der Waals surface area contributed by atoms with E-state index in [4.69, 9.17) is 9.05 Å². The van der Waals surface area contributed by atoms with E-state index in [0.717, 1.165) is 0 Å². The summed E-state index contributed by atoms with van der Waals surface area (Å²) in [4.78, 5) is 10.8. The molecule has 0 aromatic rings. The summed E-state index contributed by atoms with van der Waals surface area (Å²) < 4.78 is 13.0. The fourth-order valence-corrected chi connectivity index (χ4v) is 1.87. The maximum atomic E-state index is 10.8. The summed E-state index contributed by atoms with van der Waals surface area (Å²) >= 11 is 0. The predicted molar refractivity (Wildman–Crippen MR) is 62.4 cm³/mol. The molecule has 0 spiro atoms. The van der Waals surface area contributed by atoms with Crippen LogP contribution in [-0.2, 0) is 13.8 Å². The van der Waals surface area contributed by atoms with Gasteiger partial charge in [0.25, 0.3) is 0 Å². The van der Waals surface area contributed by atoms with Crippen LogP contribution >= 0.6 is 8.53 Å². The lowest BCUT2D eigenvalue weighted by molar-refractivity contribution is -0.112. The Hall–Kier alpha value is -0.440. The van der Waals surface area contributed by atoms with Crippen LogP contribution in [-0.4, -0.2) is 30.7 Å². The summed E-state index contributed by atoms with van der Waals surface area (Å²) in [5.41, 5.74) is 0. The largest absolute Gasteiger partial charge is 0.440 e. The van der Waals surface area contributed by atoms with Gasteiger partial charge in [0.2, 0.25) is 0 Å². The van der Waals surface area contributed by atoms with Crippen molar-refractivity contribution in [3.8, 4) is 0 Å². The maximum Gasteiger partial charge on any atom is 0.320 e. The molecule has 88 valence electrons. The Morgan fingerprint density at radius 1 is 1.33 bits per heavy atom. The van der Waals surface area contributed by atoms with Gasteiger partial charge >= 0.3 is 8.53 Å². The number of carbonyl (C=O) groups is 1. The lowest BCUT2D eigenvalue weighted by Crippen LogP contribution is -2.12. The van der Waals surface area contributed by atoms with E-state index >= 15 is 0 Å². The van der Waals surface area contributed by atoms with Crippen molar-refractivity contribution in [2.24, 2.45) is 0 Å². The Morgan fingerprint density at radius 3 is 2.20 bits per heavy atom. The first-order valence-electron chi connectivity index (χ1n) is 4.84. The van der Waals surface area contributed by atoms with Gasteiger partial charge in [-0.1, -0.05) is 0 Å².